The normalized spacial score (nSPS) is 16.8. The average molecular weight is 269 g/mol. The first kappa shape index (κ1) is 11.5. The second-order valence-corrected chi connectivity index (χ2v) is 5.04. The SMILES string of the molecule is c1cc(-c2ccc3c(c2)OCCO3)nc(NC2CC2)n1. The molecule has 1 aliphatic heterocycles. The summed E-state index contributed by atoms with van der Waals surface area (Å²) in [5, 5.41) is 3.31. The summed E-state index contributed by atoms with van der Waals surface area (Å²) < 4.78 is 11.1. The zero-order valence-corrected chi connectivity index (χ0v) is 11.0. The molecule has 0 spiro atoms. The molecule has 1 saturated carbocycles. The molecule has 0 atom stereocenters. The maximum Gasteiger partial charge on any atom is 0.223 e. The highest BCUT2D eigenvalue weighted by atomic mass is 16.6. The Hall–Kier alpha value is -2.30. The average Bonchev–Trinajstić information content (AvgIpc) is 3.31. The van der Waals surface area contributed by atoms with Crippen molar-refractivity contribution in [1.29, 1.82) is 0 Å². The lowest BCUT2D eigenvalue weighted by atomic mass is 10.1. The molecular formula is C15H15N3O2. The maximum atomic E-state index is 5.61. The topological polar surface area (TPSA) is 56.3 Å². The van der Waals surface area contributed by atoms with E-state index in [-0.39, 0.29) is 0 Å². The van der Waals surface area contributed by atoms with Gasteiger partial charge in [-0.2, -0.15) is 0 Å². The Balaban J connectivity index is 1.65. The van der Waals surface area contributed by atoms with Crippen LogP contribution in [0.1, 0.15) is 12.8 Å². The van der Waals surface area contributed by atoms with E-state index in [1.165, 1.54) is 12.8 Å². The van der Waals surface area contributed by atoms with Gasteiger partial charge in [-0.1, -0.05) is 0 Å². The molecule has 2 aromatic rings. The summed E-state index contributed by atoms with van der Waals surface area (Å²) in [6.45, 7) is 1.20. The summed E-state index contributed by atoms with van der Waals surface area (Å²) in [7, 11) is 0. The molecule has 0 amide bonds. The van der Waals surface area contributed by atoms with Gasteiger partial charge >= 0.3 is 0 Å². The van der Waals surface area contributed by atoms with E-state index in [1.807, 2.05) is 24.3 Å². The molecule has 102 valence electrons. The molecule has 2 heterocycles. The Bertz CT molecular complexity index is 641. The van der Waals surface area contributed by atoms with Crippen LogP contribution in [-0.2, 0) is 0 Å². The molecule has 2 aliphatic rings. The Morgan fingerprint density at radius 3 is 2.75 bits per heavy atom. The van der Waals surface area contributed by atoms with Crippen molar-refractivity contribution >= 4 is 5.95 Å². The van der Waals surface area contributed by atoms with Crippen LogP contribution in [0.25, 0.3) is 11.3 Å². The van der Waals surface area contributed by atoms with Crippen molar-refractivity contribution in [2.45, 2.75) is 18.9 Å². The fraction of sp³-hybridized carbons (Fsp3) is 0.333. The van der Waals surface area contributed by atoms with Crippen molar-refractivity contribution < 1.29 is 9.47 Å². The van der Waals surface area contributed by atoms with Crippen LogP contribution in [0, 0.1) is 0 Å². The van der Waals surface area contributed by atoms with E-state index in [9.17, 15) is 0 Å². The smallest absolute Gasteiger partial charge is 0.223 e. The Morgan fingerprint density at radius 1 is 1.05 bits per heavy atom. The second kappa shape index (κ2) is 4.67. The molecule has 4 rings (SSSR count). The lowest BCUT2D eigenvalue weighted by molar-refractivity contribution is 0.171. The summed E-state index contributed by atoms with van der Waals surface area (Å²) in [6.07, 6.45) is 4.19. The second-order valence-electron chi connectivity index (χ2n) is 5.04. The molecule has 1 aromatic heterocycles. The molecule has 0 saturated heterocycles. The van der Waals surface area contributed by atoms with Gasteiger partial charge in [0.15, 0.2) is 11.5 Å². The Labute approximate surface area is 117 Å². The van der Waals surface area contributed by atoms with Crippen LogP contribution in [0.4, 0.5) is 5.95 Å². The van der Waals surface area contributed by atoms with Gasteiger partial charge in [0.25, 0.3) is 0 Å². The predicted octanol–water partition coefficient (Wildman–Crippen LogP) is 2.49. The third kappa shape index (κ3) is 2.27. The summed E-state index contributed by atoms with van der Waals surface area (Å²) in [5.41, 5.74) is 1.90. The minimum atomic E-state index is 0.547. The summed E-state index contributed by atoms with van der Waals surface area (Å²) in [5.74, 6) is 2.27. The van der Waals surface area contributed by atoms with Crippen LogP contribution in [0.3, 0.4) is 0 Å². The lowest BCUT2D eigenvalue weighted by Gasteiger charge is -2.18. The third-order valence-electron chi connectivity index (χ3n) is 3.40. The first-order valence-electron chi connectivity index (χ1n) is 6.88. The maximum absolute atomic E-state index is 5.61. The molecule has 1 aromatic carbocycles. The highest BCUT2D eigenvalue weighted by Gasteiger charge is 2.22. The fourth-order valence-corrected chi connectivity index (χ4v) is 2.20. The number of fused-ring (bicyclic) bond motifs is 1. The van der Waals surface area contributed by atoms with E-state index in [2.05, 4.69) is 15.3 Å². The first-order chi connectivity index (χ1) is 9.88. The van der Waals surface area contributed by atoms with E-state index >= 15 is 0 Å². The fourth-order valence-electron chi connectivity index (χ4n) is 2.20. The highest BCUT2D eigenvalue weighted by Crippen LogP contribution is 2.34. The molecule has 1 fully saturated rings. The number of aromatic nitrogens is 2. The van der Waals surface area contributed by atoms with Crippen molar-refractivity contribution in [2.24, 2.45) is 0 Å². The van der Waals surface area contributed by atoms with Crippen molar-refractivity contribution in [3.63, 3.8) is 0 Å². The first-order valence-corrected chi connectivity index (χ1v) is 6.88. The van der Waals surface area contributed by atoms with Gasteiger partial charge in [0, 0.05) is 17.8 Å². The Kier molecular flexibility index (Phi) is 2.69. The van der Waals surface area contributed by atoms with Crippen LogP contribution in [-0.4, -0.2) is 29.2 Å². The highest BCUT2D eigenvalue weighted by molar-refractivity contribution is 5.64. The molecule has 5 heteroatoms. The molecule has 1 N–H and O–H groups in total. The number of hydrogen-bond donors (Lipinski definition) is 1. The number of nitrogens with zero attached hydrogens (tertiary/aromatic N) is 2. The van der Waals surface area contributed by atoms with Crippen LogP contribution in [0.2, 0.25) is 0 Å². The molecule has 5 nitrogen and oxygen atoms in total. The van der Waals surface area contributed by atoms with Crippen LogP contribution in [0.5, 0.6) is 11.5 Å². The summed E-state index contributed by atoms with van der Waals surface area (Å²) in [6, 6.07) is 8.35. The number of benzene rings is 1. The van der Waals surface area contributed by atoms with E-state index in [0.29, 0.717) is 25.2 Å². The van der Waals surface area contributed by atoms with Gasteiger partial charge in [0.2, 0.25) is 5.95 Å². The molecule has 1 aliphatic carbocycles. The van der Waals surface area contributed by atoms with E-state index < -0.39 is 0 Å². The van der Waals surface area contributed by atoms with E-state index in [1.54, 1.807) is 6.20 Å². The van der Waals surface area contributed by atoms with Crippen molar-refractivity contribution in [3.8, 4) is 22.8 Å². The number of nitrogens with one attached hydrogen (secondary N) is 1. The van der Waals surface area contributed by atoms with Crippen molar-refractivity contribution in [3.05, 3.63) is 30.5 Å². The summed E-state index contributed by atoms with van der Waals surface area (Å²) >= 11 is 0. The number of ether oxygens (including phenoxy) is 2. The van der Waals surface area contributed by atoms with Gasteiger partial charge in [-0.25, -0.2) is 9.97 Å². The van der Waals surface area contributed by atoms with Gasteiger partial charge in [-0.05, 0) is 37.1 Å². The molecule has 20 heavy (non-hydrogen) atoms. The van der Waals surface area contributed by atoms with Gasteiger partial charge in [-0.15, -0.1) is 0 Å². The Morgan fingerprint density at radius 2 is 1.90 bits per heavy atom. The predicted molar refractivity (Wildman–Crippen MR) is 75.1 cm³/mol. The van der Waals surface area contributed by atoms with Crippen molar-refractivity contribution in [1.82, 2.24) is 9.97 Å². The zero-order chi connectivity index (χ0) is 13.4. The number of anilines is 1. The van der Waals surface area contributed by atoms with Crippen LogP contribution >= 0.6 is 0 Å². The van der Waals surface area contributed by atoms with Crippen molar-refractivity contribution in [2.75, 3.05) is 18.5 Å². The van der Waals surface area contributed by atoms with Gasteiger partial charge < -0.3 is 14.8 Å². The quantitative estimate of drug-likeness (QED) is 0.927. The zero-order valence-electron chi connectivity index (χ0n) is 11.0. The molecule has 0 radical (unpaired) electrons. The molecular weight excluding hydrogens is 254 g/mol. The number of rotatable bonds is 3. The lowest BCUT2D eigenvalue weighted by Crippen LogP contribution is -2.15. The monoisotopic (exact) mass is 269 g/mol. The van der Waals surface area contributed by atoms with Gasteiger partial charge in [-0.3, -0.25) is 0 Å². The van der Waals surface area contributed by atoms with E-state index in [0.717, 1.165) is 22.8 Å². The van der Waals surface area contributed by atoms with Gasteiger partial charge in [0.1, 0.15) is 13.2 Å². The molecule has 0 bridgehead atoms. The minimum absolute atomic E-state index is 0.547. The number of hydrogen-bond acceptors (Lipinski definition) is 5. The van der Waals surface area contributed by atoms with E-state index in [4.69, 9.17) is 9.47 Å². The van der Waals surface area contributed by atoms with Gasteiger partial charge in [0.05, 0.1) is 5.69 Å². The largest absolute Gasteiger partial charge is 0.486 e. The van der Waals surface area contributed by atoms with Crippen LogP contribution < -0.4 is 14.8 Å². The van der Waals surface area contributed by atoms with Crippen LogP contribution in [0.15, 0.2) is 30.5 Å². The third-order valence-corrected chi connectivity index (χ3v) is 3.40. The minimum Gasteiger partial charge on any atom is -0.486 e. The standard InChI is InChI=1S/C15H15N3O2/c1-4-13-14(20-8-7-19-13)9-10(1)12-5-6-16-15(18-12)17-11-2-3-11/h1,4-6,9,11H,2-3,7-8H2,(H,16,17,18). The summed E-state index contributed by atoms with van der Waals surface area (Å²) in [4.78, 5) is 8.81. The molecule has 0 unspecified atom stereocenters.